The molecule has 1 aromatic carbocycles. The van der Waals surface area contributed by atoms with Gasteiger partial charge in [0, 0.05) is 29.4 Å². The van der Waals surface area contributed by atoms with Crippen LogP contribution in [0.4, 0.5) is 5.69 Å². The molecule has 0 aliphatic carbocycles. The minimum Gasteiger partial charge on any atom is -0.322 e. The summed E-state index contributed by atoms with van der Waals surface area (Å²) in [4.78, 5) is 33.1. The molecule has 0 radical (unpaired) electrons. The van der Waals surface area contributed by atoms with Crippen molar-refractivity contribution >= 4 is 40.3 Å². The monoisotopic (exact) mass is 475 g/mol. The first-order valence-corrected chi connectivity index (χ1v) is 12.0. The summed E-state index contributed by atoms with van der Waals surface area (Å²) in [5.74, 6) is -0.266. The Kier molecular flexibility index (Phi) is 5.43. The van der Waals surface area contributed by atoms with Crippen molar-refractivity contribution in [2.45, 2.75) is 19.9 Å². The molecule has 166 valence electrons. The highest BCUT2D eigenvalue weighted by Gasteiger charge is 2.33. The number of carbonyl (C=O) groups is 1. The van der Waals surface area contributed by atoms with E-state index in [4.69, 9.17) is 0 Å². The maximum Gasteiger partial charge on any atom is 0.271 e. The van der Waals surface area contributed by atoms with Crippen molar-refractivity contribution < 1.29 is 4.79 Å². The highest BCUT2D eigenvalue weighted by molar-refractivity contribution is 7.10. The van der Waals surface area contributed by atoms with Gasteiger partial charge >= 0.3 is 0 Å². The molecule has 0 unspecified atom stereocenters. The van der Waals surface area contributed by atoms with Gasteiger partial charge in [-0.3, -0.25) is 18.8 Å². The van der Waals surface area contributed by atoms with Crippen LogP contribution in [0.15, 0.2) is 75.1 Å². The van der Waals surface area contributed by atoms with Gasteiger partial charge in [0.25, 0.3) is 11.5 Å². The third kappa shape index (κ3) is 3.90. The number of para-hydroxylation sites is 1. The highest BCUT2D eigenvalue weighted by Crippen LogP contribution is 2.33. The molecule has 3 aromatic heterocycles. The van der Waals surface area contributed by atoms with Gasteiger partial charge in [-0.15, -0.1) is 11.3 Å². The molecule has 0 saturated carbocycles. The Labute approximate surface area is 197 Å². The molecular formula is C24H21N5O2S2. The number of benzene rings is 1. The van der Waals surface area contributed by atoms with E-state index in [0.29, 0.717) is 26.3 Å². The van der Waals surface area contributed by atoms with Crippen LogP contribution in [0.2, 0.25) is 0 Å². The van der Waals surface area contributed by atoms with E-state index in [-0.39, 0.29) is 11.5 Å². The Morgan fingerprint density at radius 2 is 1.94 bits per heavy atom. The number of nitrogens with zero attached hydrogens (tertiary/aromatic N) is 4. The van der Waals surface area contributed by atoms with E-state index in [0.717, 1.165) is 16.1 Å². The fraction of sp³-hybridized carbons (Fsp3) is 0.167. The van der Waals surface area contributed by atoms with Crippen molar-refractivity contribution in [2.75, 3.05) is 5.32 Å². The fourth-order valence-electron chi connectivity index (χ4n) is 3.95. The Morgan fingerprint density at radius 1 is 1.15 bits per heavy atom. The zero-order valence-corrected chi connectivity index (χ0v) is 19.9. The Balaban J connectivity index is 1.66. The number of amides is 1. The number of thiazole rings is 1. The minimum absolute atomic E-state index is 0.169. The molecular weight excluding hydrogens is 454 g/mol. The van der Waals surface area contributed by atoms with Gasteiger partial charge in [-0.2, -0.15) is 5.10 Å². The van der Waals surface area contributed by atoms with Crippen LogP contribution < -0.4 is 20.2 Å². The molecule has 1 N–H and O–H groups in total. The third-order valence-corrected chi connectivity index (χ3v) is 7.36. The molecule has 0 spiro atoms. The topological polar surface area (TPSA) is 81.3 Å². The fourth-order valence-corrected chi connectivity index (χ4v) is 5.81. The SMILES string of the molecule is CC1=C(C(=O)Nc2ccccc2)[C@@H](c2cccs2)n2c(sc(=Cc3cn(C)nc3C)c2=O)=N1. The smallest absolute Gasteiger partial charge is 0.271 e. The molecule has 0 bridgehead atoms. The highest BCUT2D eigenvalue weighted by atomic mass is 32.1. The third-order valence-electron chi connectivity index (χ3n) is 5.45. The summed E-state index contributed by atoms with van der Waals surface area (Å²) >= 11 is 2.84. The number of anilines is 1. The molecule has 9 heteroatoms. The maximum atomic E-state index is 13.6. The number of hydrogen-bond donors (Lipinski definition) is 1. The van der Waals surface area contributed by atoms with Crippen molar-refractivity contribution in [3.8, 4) is 0 Å². The van der Waals surface area contributed by atoms with Gasteiger partial charge in [-0.1, -0.05) is 35.6 Å². The van der Waals surface area contributed by atoms with E-state index in [1.807, 2.05) is 81.0 Å². The van der Waals surface area contributed by atoms with E-state index in [1.54, 1.807) is 9.25 Å². The number of allylic oxidation sites excluding steroid dienone is 1. The van der Waals surface area contributed by atoms with Crippen LogP contribution >= 0.6 is 22.7 Å². The number of thiophene rings is 1. The largest absolute Gasteiger partial charge is 0.322 e. The number of carbonyl (C=O) groups excluding carboxylic acids is 1. The lowest BCUT2D eigenvalue weighted by molar-refractivity contribution is -0.113. The zero-order valence-electron chi connectivity index (χ0n) is 18.3. The lowest BCUT2D eigenvalue weighted by Gasteiger charge is -2.24. The first-order chi connectivity index (χ1) is 15.9. The summed E-state index contributed by atoms with van der Waals surface area (Å²) in [6.45, 7) is 3.73. The Hall–Kier alpha value is -3.56. The van der Waals surface area contributed by atoms with Crippen molar-refractivity contribution in [3.63, 3.8) is 0 Å². The van der Waals surface area contributed by atoms with Gasteiger partial charge in [0.15, 0.2) is 4.80 Å². The van der Waals surface area contributed by atoms with Crippen LogP contribution in [0.5, 0.6) is 0 Å². The first kappa shape index (κ1) is 21.3. The van der Waals surface area contributed by atoms with E-state index in [2.05, 4.69) is 15.4 Å². The molecule has 5 rings (SSSR count). The van der Waals surface area contributed by atoms with E-state index >= 15 is 0 Å². The molecule has 0 saturated heterocycles. The van der Waals surface area contributed by atoms with E-state index in [9.17, 15) is 9.59 Å². The molecule has 1 atom stereocenters. The molecule has 7 nitrogen and oxygen atoms in total. The van der Waals surface area contributed by atoms with E-state index in [1.165, 1.54) is 22.7 Å². The van der Waals surface area contributed by atoms with Crippen LogP contribution in [0, 0.1) is 6.92 Å². The first-order valence-electron chi connectivity index (χ1n) is 10.3. The number of rotatable bonds is 4. The van der Waals surface area contributed by atoms with Crippen molar-refractivity contribution in [1.82, 2.24) is 14.3 Å². The van der Waals surface area contributed by atoms with Crippen LogP contribution in [0.1, 0.15) is 29.1 Å². The number of nitrogens with one attached hydrogen (secondary N) is 1. The van der Waals surface area contributed by atoms with E-state index < -0.39 is 6.04 Å². The Morgan fingerprint density at radius 3 is 2.61 bits per heavy atom. The summed E-state index contributed by atoms with van der Waals surface area (Å²) in [5, 5.41) is 9.27. The second-order valence-corrected chi connectivity index (χ2v) is 9.75. The Bertz CT molecular complexity index is 1560. The predicted octanol–water partition coefficient (Wildman–Crippen LogP) is 2.98. The summed E-state index contributed by atoms with van der Waals surface area (Å²) < 4.78 is 3.92. The number of fused-ring (bicyclic) bond motifs is 1. The summed E-state index contributed by atoms with van der Waals surface area (Å²) in [6, 6.07) is 12.6. The number of aryl methyl sites for hydroxylation is 2. The zero-order chi connectivity index (χ0) is 23.1. The van der Waals surface area contributed by atoms with Crippen LogP contribution in [-0.2, 0) is 11.8 Å². The molecule has 0 fully saturated rings. The number of aromatic nitrogens is 3. The lowest BCUT2D eigenvalue weighted by Crippen LogP contribution is -2.40. The molecule has 1 amide bonds. The van der Waals surface area contributed by atoms with Gasteiger partial charge in [0.05, 0.1) is 21.5 Å². The molecule has 4 aromatic rings. The standard InChI is InChI=1S/C24H21N5O2S2/c1-14-16(13-28(3)27-14)12-19-23(31)29-21(18-10-7-11-32-18)20(15(2)25-24(29)33-19)22(30)26-17-8-5-4-6-9-17/h4-13,21H,1-3H3,(H,26,30)/t21-/m1/s1. The maximum absolute atomic E-state index is 13.6. The van der Waals surface area contributed by atoms with Crippen LogP contribution in [-0.4, -0.2) is 20.3 Å². The molecule has 1 aliphatic rings. The summed E-state index contributed by atoms with van der Waals surface area (Å²) in [7, 11) is 1.85. The molecule has 33 heavy (non-hydrogen) atoms. The van der Waals surface area contributed by atoms with Crippen molar-refractivity contribution in [3.05, 3.63) is 101 Å². The van der Waals surface area contributed by atoms with Gasteiger partial charge in [-0.25, -0.2) is 4.99 Å². The van der Waals surface area contributed by atoms with Crippen molar-refractivity contribution in [2.24, 2.45) is 12.0 Å². The normalized spacial score (nSPS) is 16.0. The summed E-state index contributed by atoms with van der Waals surface area (Å²) in [5.41, 5.74) is 3.32. The van der Waals surface area contributed by atoms with Crippen LogP contribution in [0.3, 0.4) is 0 Å². The van der Waals surface area contributed by atoms with Gasteiger partial charge < -0.3 is 5.32 Å². The second-order valence-electron chi connectivity index (χ2n) is 7.76. The van der Waals surface area contributed by atoms with Crippen molar-refractivity contribution in [1.29, 1.82) is 0 Å². The second kappa shape index (κ2) is 8.42. The average molecular weight is 476 g/mol. The quantitative estimate of drug-likeness (QED) is 0.493. The predicted molar refractivity (Wildman–Crippen MR) is 131 cm³/mol. The van der Waals surface area contributed by atoms with Gasteiger partial charge in [-0.05, 0) is 43.5 Å². The molecule has 4 heterocycles. The van der Waals surface area contributed by atoms with Gasteiger partial charge in [0.2, 0.25) is 0 Å². The average Bonchev–Trinajstić information content (AvgIpc) is 3.49. The van der Waals surface area contributed by atoms with Gasteiger partial charge in [0.1, 0.15) is 6.04 Å². The number of hydrogen-bond acceptors (Lipinski definition) is 6. The molecule has 1 aliphatic heterocycles. The lowest BCUT2D eigenvalue weighted by atomic mass is 10.0. The summed E-state index contributed by atoms with van der Waals surface area (Å²) in [6.07, 6.45) is 3.73. The van der Waals surface area contributed by atoms with Crippen LogP contribution in [0.25, 0.3) is 6.08 Å². The minimum atomic E-state index is -0.540.